The van der Waals surface area contributed by atoms with E-state index in [1.165, 1.54) is 23.1 Å². The number of piperazine rings is 1. The van der Waals surface area contributed by atoms with Crippen molar-refractivity contribution in [1.82, 2.24) is 15.5 Å². The third kappa shape index (κ3) is 8.13. The Hall–Kier alpha value is -3.92. The molecular formula is C36H41ClN4O2. The largest absolute Gasteiger partial charge is 0.459 e. The van der Waals surface area contributed by atoms with Crippen LogP contribution < -0.4 is 20.3 Å². The second-order valence-corrected chi connectivity index (χ2v) is 12.7. The van der Waals surface area contributed by atoms with Gasteiger partial charge in [0, 0.05) is 74.7 Å². The molecule has 3 aliphatic rings. The summed E-state index contributed by atoms with van der Waals surface area (Å²) >= 11 is 6.20. The van der Waals surface area contributed by atoms with Crippen molar-refractivity contribution < 1.29 is 9.53 Å². The smallest absolute Gasteiger partial charge is 0.153 e. The summed E-state index contributed by atoms with van der Waals surface area (Å²) < 4.78 is 6.26. The molecule has 2 heterocycles. The van der Waals surface area contributed by atoms with E-state index in [2.05, 4.69) is 58.5 Å². The van der Waals surface area contributed by atoms with E-state index in [-0.39, 0.29) is 0 Å². The summed E-state index contributed by atoms with van der Waals surface area (Å²) in [5.74, 6) is 1.16. The summed E-state index contributed by atoms with van der Waals surface area (Å²) in [5, 5.41) is 6.73. The van der Waals surface area contributed by atoms with Gasteiger partial charge >= 0.3 is 0 Å². The number of nitrogens with one attached hydrogen (secondary N) is 2. The number of carbonyl (C=O) groups is 1. The van der Waals surface area contributed by atoms with Crippen molar-refractivity contribution in [2.24, 2.45) is 5.41 Å². The number of halogens is 1. The van der Waals surface area contributed by atoms with Crippen molar-refractivity contribution in [3.63, 3.8) is 0 Å². The standard InChI is InChI=1S/C36H41ClN4O2/c1-4-38-24-33(12-5-27-14-16-39-23-27)43-35-21-32(11-8-30(35)26-42)41-19-17-40(18-20-41)25-29-13-15-36(2,3)22-34(29)28-6-9-31(37)10-7-28/h1,5-11,14,16,21,24,26,38-39H,12-13,15,17-20,22-23,25H2,2-3H3/b27-5-,33-24+. The number of benzene rings is 2. The van der Waals surface area contributed by atoms with Gasteiger partial charge in [0.2, 0.25) is 0 Å². The fraction of sp³-hybridized carbons (Fsp3) is 0.361. The first-order valence-corrected chi connectivity index (χ1v) is 15.4. The van der Waals surface area contributed by atoms with Gasteiger partial charge in [-0.15, -0.1) is 0 Å². The number of allylic oxidation sites excluding steroid dienone is 2. The Morgan fingerprint density at radius 2 is 1.95 bits per heavy atom. The fourth-order valence-electron chi connectivity index (χ4n) is 5.97. The molecule has 43 heavy (non-hydrogen) atoms. The van der Waals surface area contributed by atoms with Gasteiger partial charge in [0.25, 0.3) is 0 Å². The number of aldehydes is 1. The number of hydrogen-bond acceptors (Lipinski definition) is 6. The van der Waals surface area contributed by atoms with E-state index in [0.717, 1.165) is 69.1 Å². The highest BCUT2D eigenvalue weighted by Gasteiger charge is 2.29. The lowest BCUT2D eigenvalue weighted by Gasteiger charge is -2.39. The Morgan fingerprint density at radius 3 is 2.65 bits per heavy atom. The van der Waals surface area contributed by atoms with E-state index in [1.54, 1.807) is 11.8 Å². The zero-order chi connectivity index (χ0) is 30.2. The average Bonchev–Trinajstić information content (AvgIpc) is 3.54. The molecule has 2 aliphatic heterocycles. The van der Waals surface area contributed by atoms with Crippen molar-refractivity contribution in [3.8, 4) is 18.2 Å². The van der Waals surface area contributed by atoms with Gasteiger partial charge in [-0.2, -0.15) is 0 Å². The van der Waals surface area contributed by atoms with Crippen LogP contribution >= 0.6 is 11.6 Å². The summed E-state index contributed by atoms with van der Waals surface area (Å²) in [6, 6.07) is 16.6. The van der Waals surface area contributed by atoms with E-state index in [4.69, 9.17) is 22.8 Å². The summed E-state index contributed by atoms with van der Waals surface area (Å²) in [6.07, 6.45) is 18.0. The Kier molecular flexibility index (Phi) is 9.97. The van der Waals surface area contributed by atoms with Crippen LogP contribution in [0.15, 0.2) is 83.9 Å². The number of anilines is 1. The average molecular weight is 597 g/mol. The van der Waals surface area contributed by atoms with Crippen LogP contribution in [0, 0.1) is 17.9 Å². The number of rotatable bonds is 10. The Balaban J connectivity index is 1.27. The molecule has 6 nitrogen and oxygen atoms in total. The van der Waals surface area contributed by atoms with Crippen LogP contribution in [0.5, 0.6) is 5.75 Å². The first-order valence-electron chi connectivity index (χ1n) is 15.0. The quantitative estimate of drug-likeness (QED) is 0.137. The first kappa shape index (κ1) is 30.5. The van der Waals surface area contributed by atoms with E-state index >= 15 is 0 Å². The topological polar surface area (TPSA) is 56.8 Å². The van der Waals surface area contributed by atoms with E-state index in [0.29, 0.717) is 28.9 Å². The summed E-state index contributed by atoms with van der Waals surface area (Å²) in [7, 11) is 0. The Labute approximate surface area is 261 Å². The molecule has 0 bridgehead atoms. The molecule has 0 spiro atoms. The SMILES string of the molecule is C#CN/C=C(\C/C=C1/C=CNC1)Oc1cc(N2CCN(CC3=C(c4ccc(Cl)cc4)CC(C)(C)CC3)CC2)ccc1C=O. The number of ether oxygens (including phenoxy) is 1. The number of hydrogen-bond donors (Lipinski definition) is 2. The van der Waals surface area contributed by atoms with Gasteiger partial charge in [-0.3, -0.25) is 9.69 Å². The second-order valence-electron chi connectivity index (χ2n) is 12.2. The molecule has 1 saturated heterocycles. The molecule has 2 aromatic rings. The maximum Gasteiger partial charge on any atom is 0.153 e. The summed E-state index contributed by atoms with van der Waals surface area (Å²) in [4.78, 5) is 16.8. The zero-order valence-corrected chi connectivity index (χ0v) is 25.9. The molecule has 224 valence electrons. The van der Waals surface area contributed by atoms with Crippen molar-refractivity contribution in [2.45, 2.75) is 39.5 Å². The van der Waals surface area contributed by atoms with Gasteiger partial charge in [-0.25, -0.2) is 0 Å². The van der Waals surface area contributed by atoms with E-state index < -0.39 is 0 Å². The predicted molar refractivity (Wildman–Crippen MR) is 177 cm³/mol. The van der Waals surface area contributed by atoms with Gasteiger partial charge in [0.1, 0.15) is 11.5 Å². The molecule has 5 rings (SSSR count). The second kappa shape index (κ2) is 14.0. The molecule has 2 aromatic carbocycles. The molecular weight excluding hydrogens is 556 g/mol. The predicted octanol–water partition coefficient (Wildman–Crippen LogP) is 6.77. The monoisotopic (exact) mass is 596 g/mol. The molecule has 0 unspecified atom stereocenters. The number of carbonyl (C=O) groups excluding carboxylic acids is 1. The minimum absolute atomic E-state index is 0.304. The van der Waals surface area contributed by atoms with Crippen molar-refractivity contribution in [3.05, 3.63) is 100 Å². The number of nitrogens with zero attached hydrogens (tertiary/aromatic N) is 2. The molecule has 2 N–H and O–H groups in total. The molecule has 0 amide bonds. The molecule has 0 saturated carbocycles. The van der Waals surface area contributed by atoms with Crippen LogP contribution in [0.4, 0.5) is 5.69 Å². The first-order chi connectivity index (χ1) is 20.8. The molecule has 1 fully saturated rings. The molecule has 0 aromatic heterocycles. The van der Waals surface area contributed by atoms with Gasteiger partial charge in [-0.05, 0) is 77.9 Å². The van der Waals surface area contributed by atoms with Crippen molar-refractivity contribution in [1.29, 1.82) is 0 Å². The van der Waals surface area contributed by atoms with Gasteiger partial charge < -0.3 is 20.3 Å². The molecule has 0 atom stereocenters. The highest BCUT2D eigenvalue weighted by molar-refractivity contribution is 6.30. The van der Waals surface area contributed by atoms with E-state index in [9.17, 15) is 4.79 Å². The fourth-order valence-corrected chi connectivity index (χ4v) is 6.10. The highest BCUT2D eigenvalue weighted by Crippen LogP contribution is 2.43. The van der Waals surface area contributed by atoms with Crippen LogP contribution in [0.1, 0.15) is 55.5 Å². The lowest BCUT2D eigenvalue weighted by atomic mass is 9.72. The van der Waals surface area contributed by atoms with Gasteiger partial charge in [-0.1, -0.05) is 55.7 Å². The van der Waals surface area contributed by atoms with Crippen LogP contribution in [0.3, 0.4) is 0 Å². The summed E-state index contributed by atoms with van der Waals surface area (Å²) in [5.41, 5.74) is 7.37. The minimum Gasteiger partial charge on any atom is -0.459 e. The van der Waals surface area contributed by atoms with Gasteiger partial charge in [0.05, 0.1) is 5.56 Å². The molecule has 7 heteroatoms. The third-order valence-electron chi connectivity index (χ3n) is 8.50. The Bertz CT molecular complexity index is 1470. The Morgan fingerprint density at radius 1 is 1.16 bits per heavy atom. The third-order valence-corrected chi connectivity index (χ3v) is 8.75. The lowest BCUT2D eigenvalue weighted by molar-refractivity contribution is 0.112. The summed E-state index contributed by atoms with van der Waals surface area (Å²) in [6.45, 7) is 10.3. The van der Waals surface area contributed by atoms with Gasteiger partial charge in [0.15, 0.2) is 6.29 Å². The maximum absolute atomic E-state index is 11.9. The van der Waals surface area contributed by atoms with Crippen molar-refractivity contribution >= 4 is 29.1 Å². The van der Waals surface area contributed by atoms with Crippen molar-refractivity contribution in [2.75, 3.05) is 44.2 Å². The normalized spacial score (nSPS) is 19.7. The minimum atomic E-state index is 0.304. The van der Waals surface area contributed by atoms with E-state index in [1.807, 2.05) is 42.6 Å². The van der Waals surface area contributed by atoms with Crippen LogP contribution in [-0.4, -0.2) is 50.5 Å². The molecule has 1 aliphatic carbocycles. The lowest BCUT2D eigenvalue weighted by Crippen LogP contribution is -2.47. The zero-order valence-electron chi connectivity index (χ0n) is 25.2. The maximum atomic E-state index is 11.9. The number of terminal acetylenes is 1. The molecule has 0 radical (unpaired) electrons. The van der Waals surface area contributed by atoms with Crippen LogP contribution in [0.25, 0.3) is 5.57 Å². The highest BCUT2D eigenvalue weighted by atomic mass is 35.5. The van der Waals surface area contributed by atoms with Crippen LogP contribution in [0.2, 0.25) is 5.02 Å². The van der Waals surface area contributed by atoms with Crippen LogP contribution in [-0.2, 0) is 0 Å².